The maximum atomic E-state index is 14.8. The number of nitro groups is 1. The zero-order chi connectivity index (χ0) is 37.7. The van der Waals surface area contributed by atoms with Crippen molar-refractivity contribution in [3.05, 3.63) is 28.1 Å². The predicted molar refractivity (Wildman–Crippen MR) is 191 cm³/mol. The molecule has 6 atom stereocenters. The van der Waals surface area contributed by atoms with Gasteiger partial charge in [-0.15, -0.1) is 0 Å². The monoisotopic (exact) mass is 725 g/mol. The number of aromatic nitrogens is 1. The third-order valence-corrected chi connectivity index (χ3v) is 11.2. The summed E-state index contributed by atoms with van der Waals surface area (Å²) in [6, 6.07) is -3.10. The van der Waals surface area contributed by atoms with Gasteiger partial charge in [-0.3, -0.25) is 38.9 Å². The summed E-state index contributed by atoms with van der Waals surface area (Å²) in [5, 5.41) is 22.6. The molecule has 0 unspecified atom stereocenters. The van der Waals surface area contributed by atoms with Gasteiger partial charge in [-0.1, -0.05) is 66.2 Å². The molecular weight excluding hydrogens is 670 g/mol. The van der Waals surface area contributed by atoms with E-state index >= 15 is 0 Å². The summed E-state index contributed by atoms with van der Waals surface area (Å²) in [4.78, 5) is 97.2. The van der Waals surface area contributed by atoms with E-state index in [2.05, 4.69) is 26.3 Å². The number of nitrogens with zero attached hydrogens (tertiary/aromatic N) is 2. The smallest absolute Gasteiger partial charge is 0.289 e. The van der Waals surface area contributed by atoms with Crippen molar-refractivity contribution >= 4 is 41.0 Å². The van der Waals surface area contributed by atoms with E-state index in [4.69, 9.17) is 0 Å². The first-order valence-corrected chi connectivity index (χ1v) is 19.1. The fourth-order valence-electron chi connectivity index (χ4n) is 8.21. The van der Waals surface area contributed by atoms with Gasteiger partial charge >= 0.3 is 0 Å². The first kappa shape index (κ1) is 38.9. The van der Waals surface area contributed by atoms with Gasteiger partial charge in [-0.25, -0.2) is 0 Å². The summed E-state index contributed by atoms with van der Waals surface area (Å²) in [7, 11) is 0. The lowest BCUT2D eigenvalue weighted by molar-refractivity contribution is -0.384. The molecule has 3 aliphatic carbocycles. The Morgan fingerprint density at radius 1 is 0.942 bits per heavy atom. The van der Waals surface area contributed by atoms with Crippen LogP contribution in [0.25, 0.3) is 0 Å². The van der Waals surface area contributed by atoms with Crippen molar-refractivity contribution in [1.82, 2.24) is 31.2 Å². The number of H-pyrrole nitrogens is 1. The van der Waals surface area contributed by atoms with Gasteiger partial charge in [0.1, 0.15) is 23.8 Å². The van der Waals surface area contributed by atoms with E-state index < -0.39 is 69.8 Å². The van der Waals surface area contributed by atoms with Crippen molar-refractivity contribution < 1.29 is 33.7 Å². The predicted octanol–water partition coefficient (Wildman–Crippen LogP) is 3.42. The molecule has 286 valence electrons. The van der Waals surface area contributed by atoms with Crippen LogP contribution in [-0.2, 0) is 24.0 Å². The minimum absolute atomic E-state index is 0.00835. The second-order valence-electron chi connectivity index (χ2n) is 16.3. The lowest BCUT2D eigenvalue weighted by atomic mass is 9.81. The van der Waals surface area contributed by atoms with Crippen LogP contribution in [0.3, 0.4) is 0 Å². The van der Waals surface area contributed by atoms with E-state index in [0.29, 0.717) is 32.1 Å². The van der Waals surface area contributed by atoms with Crippen molar-refractivity contribution in [3.63, 3.8) is 0 Å². The zero-order valence-electron chi connectivity index (χ0n) is 30.8. The summed E-state index contributed by atoms with van der Waals surface area (Å²) in [5.74, 6) is -3.64. The Bertz CT molecular complexity index is 1530. The second-order valence-corrected chi connectivity index (χ2v) is 16.3. The van der Waals surface area contributed by atoms with Crippen LogP contribution in [0.15, 0.2) is 12.3 Å². The minimum Gasteiger partial charge on any atom is -0.351 e. The summed E-state index contributed by atoms with van der Waals surface area (Å²) < 4.78 is 0. The zero-order valence-corrected chi connectivity index (χ0v) is 30.8. The normalized spacial score (nSPS) is 23.8. The van der Waals surface area contributed by atoms with Crippen molar-refractivity contribution in [3.8, 4) is 0 Å². The fraction of sp³-hybridized carbons (Fsp3) is 0.730. The average Bonchev–Trinajstić information content (AvgIpc) is 3.62. The average molecular weight is 726 g/mol. The molecule has 2 heterocycles. The fourth-order valence-corrected chi connectivity index (χ4v) is 8.21. The third-order valence-electron chi connectivity index (χ3n) is 11.2. The number of carbonyl (C=O) groups is 6. The van der Waals surface area contributed by atoms with Gasteiger partial charge in [0, 0.05) is 18.2 Å². The van der Waals surface area contributed by atoms with Crippen LogP contribution in [0.2, 0.25) is 0 Å². The first-order chi connectivity index (χ1) is 24.7. The lowest BCUT2D eigenvalue weighted by Crippen LogP contribution is -2.63. The minimum atomic E-state index is -1.07. The van der Waals surface area contributed by atoms with E-state index in [9.17, 15) is 38.9 Å². The van der Waals surface area contributed by atoms with Crippen LogP contribution < -0.4 is 21.3 Å². The van der Waals surface area contributed by atoms with Crippen LogP contribution in [0.1, 0.15) is 128 Å². The van der Waals surface area contributed by atoms with E-state index in [1.54, 1.807) is 4.90 Å². The molecule has 3 saturated carbocycles. The third kappa shape index (κ3) is 9.19. The Kier molecular flexibility index (Phi) is 12.4. The molecule has 1 saturated heterocycles. The van der Waals surface area contributed by atoms with Gasteiger partial charge in [0.2, 0.25) is 23.5 Å². The van der Waals surface area contributed by atoms with Gasteiger partial charge in [-0.05, 0) is 68.6 Å². The molecule has 5 N–H and O–H groups in total. The molecule has 15 nitrogen and oxygen atoms in total. The summed E-state index contributed by atoms with van der Waals surface area (Å²) in [5.41, 5.74) is -1.13. The van der Waals surface area contributed by atoms with Gasteiger partial charge in [0.05, 0.1) is 17.2 Å². The quantitative estimate of drug-likeness (QED) is 0.109. The molecule has 4 fully saturated rings. The number of fused-ring (bicyclic) bond motifs is 1. The molecule has 0 radical (unpaired) electrons. The largest absolute Gasteiger partial charge is 0.351 e. The van der Waals surface area contributed by atoms with Crippen LogP contribution in [0, 0.1) is 27.4 Å². The van der Waals surface area contributed by atoms with Crippen molar-refractivity contribution in [1.29, 1.82) is 0 Å². The second kappa shape index (κ2) is 16.6. The van der Waals surface area contributed by atoms with E-state index in [1.165, 1.54) is 0 Å². The summed E-state index contributed by atoms with van der Waals surface area (Å²) >= 11 is 0. The summed E-state index contributed by atoms with van der Waals surface area (Å²) in [6.45, 7) is 7.37. The number of hydrogen-bond donors (Lipinski definition) is 5. The van der Waals surface area contributed by atoms with Crippen LogP contribution in [0.5, 0.6) is 0 Å². The standard InChI is InChI=1S/C37H55N7O8/c1-5-11-25(30(45)35(49)39-23-16-17-23)40-33(47)28-18-22-14-9-10-15-27(22)43(28)36(50)31(37(2,3)4)42-34(48)29(21-12-7-6-8-13-21)41-32(46)26-19-24(20-38-26)44(51)52/h19-23,25,27-29,31,38H,5-18H2,1-4H3,(H,39,49)(H,40,47)(H,41,46)(H,42,48)/t22-,25-,27-,28-,29-,31+/m0/s1. The SMILES string of the molecule is CCC[C@H](NC(=O)[C@@H]1C[C@@H]2CCCC[C@@H]2N1C(=O)[C@@H](NC(=O)[C@@H](NC(=O)c1cc([N+](=O)[O-])c[nH]1)C1CCCCC1)C(C)(C)C)C(=O)C(=O)NC1CC1. The highest BCUT2D eigenvalue weighted by Crippen LogP contribution is 2.41. The Balaban J connectivity index is 1.38. The van der Waals surface area contributed by atoms with Crippen molar-refractivity contribution in [2.45, 2.75) is 154 Å². The molecule has 0 aromatic carbocycles. The molecule has 0 bridgehead atoms. The number of Topliss-reactive ketones (excluding diaryl/α,β-unsaturated/α-hetero) is 1. The maximum Gasteiger partial charge on any atom is 0.289 e. The van der Waals surface area contributed by atoms with Gasteiger partial charge in [-0.2, -0.15) is 0 Å². The van der Waals surface area contributed by atoms with E-state index in [1.807, 2.05) is 27.7 Å². The van der Waals surface area contributed by atoms with E-state index in [0.717, 1.165) is 63.6 Å². The Hall–Kier alpha value is -4.30. The van der Waals surface area contributed by atoms with Crippen LogP contribution >= 0.6 is 0 Å². The summed E-state index contributed by atoms with van der Waals surface area (Å²) in [6.07, 6.45) is 11.5. The van der Waals surface area contributed by atoms with Crippen molar-refractivity contribution in [2.75, 3.05) is 0 Å². The lowest BCUT2D eigenvalue weighted by Gasteiger charge is -2.40. The molecule has 1 aromatic rings. The molecule has 5 rings (SSSR count). The van der Waals surface area contributed by atoms with Crippen LogP contribution in [0.4, 0.5) is 5.69 Å². The molecular formula is C37H55N7O8. The number of amides is 5. The van der Waals surface area contributed by atoms with E-state index in [-0.39, 0.29) is 41.7 Å². The first-order valence-electron chi connectivity index (χ1n) is 19.1. The molecule has 52 heavy (non-hydrogen) atoms. The highest BCUT2D eigenvalue weighted by atomic mass is 16.6. The number of ketones is 1. The molecule has 15 heteroatoms. The van der Waals surface area contributed by atoms with Gasteiger partial charge in [0.15, 0.2) is 0 Å². The Labute approximate surface area is 304 Å². The molecule has 5 amide bonds. The highest BCUT2D eigenvalue weighted by molar-refractivity contribution is 6.38. The molecule has 1 aliphatic heterocycles. The van der Waals surface area contributed by atoms with Gasteiger partial charge in [0.25, 0.3) is 17.5 Å². The van der Waals surface area contributed by atoms with Crippen LogP contribution in [-0.4, -0.2) is 86.4 Å². The highest BCUT2D eigenvalue weighted by Gasteiger charge is 2.51. The number of carbonyl (C=O) groups excluding carboxylic acids is 6. The Morgan fingerprint density at radius 3 is 2.23 bits per heavy atom. The topological polar surface area (TPSA) is 213 Å². The number of aromatic amines is 1. The molecule has 1 aromatic heterocycles. The number of likely N-dealkylation sites (tertiary alicyclic amines) is 1. The van der Waals surface area contributed by atoms with Gasteiger partial charge < -0.3 is 31.2 Å². The maximum absolute atomic E-state index is 14.8. The molecule has 0 spiro atoms. The number of rotatable bonds is 14. The number of nitrogens with one attached hydrogen (secondary N) is 5. The Morgan fingerprint density at radius 2 is 1.62 bits per heavy atom. The molecule has 4 aliphatic rings. The number of hydrogen-bond acceptors (Lipinski definition) is 8. The van der Waals surface area contributed by atoms with Crippen molar-refractivity contribution in [2.24, 2.45) is 17.3 Å².